The first-order valence-corrected chi connectivity index (χ1v) is 10.5. The number of aliphatic hydroxyl groups excluding tert-OH is 1. The number of aliphatic hydroxyl groups is 1. The molecule has 5 nitrogen and oxygen atoms in total. The summed E-state index contributed by atoms with van der Waals surface area (Å²) in [5.74, 6) is 0.0654. The lowest BCUT2D eigenvalue weighted by atomic mass is 10.0. The molecule has 0 saturated heterocycles. The van der Waals surface area contributed by atoms with Crippen LogP contribution in [0.1, 0.15) is 49.3 Å². The fourth-order valence-electron chi connectivity index (χ4n) is 3.84. The second-order valence-electron chi connectivity index (χ2n) is 7.88. The number of allylic oxidation sites excluding steroid dienone is 1. The van der Waals surface area contributed by atoms with Gasteiger partial charge in [0.05, 0.1) is 10.6 Å². The number of aromatic nitrogens is 2. The first kappa shape index (κ1) is 20.7. The topological polar surface area (TPSA) is 75.1 Å². The van der Waals surface area contributed by atoms with Gasteiger partial charge in [-0.1, -0.05) is 37.8 Å². The second-order valence-corrected chi connectivity index (χ2v) is 8.94. The van der Waals surface area contributed by atoms with Gasteiger partial charge in [-0.3, -0.25) is 14.3 Å². The summed E-state index contributed by atoms with van der Waals surface area (Å²) in [4.78, 5) is 28.9. The van der Waals surface area contributed by atoms with Crippen molar-refractivity contribution < 1.29 is 5.11 Å². The van der Waals surface area contributed by atoms with E-state index in [9.17, 15) is 14.7 Å². The molecule has 1 heterocycles. The molecule has 0 fully saturated rings. The summed E-state index contributed by atoms with van der Waals surface area (Å²) in [5, 5.41) is 10.3. The third kappa shape index (κ3) is 4.33. The maximum absolute atomic E-state index is 12.7. The molecular weight excluding hydrogens is 372 g/mol. The zero-order chi connectivity index (χ0) is 20.4. The van der Waals surface area contributed by atoms with Gasteiger partial charge in [0, 0.05) is 24.0 Å². The fraction of sp³-hybridized carbons (Fsp3) is 0.455. The molecular formula is C22H28N2O3S. The molecule has 0 saturated carbocycles. The van der Waals surface area contributed by atoms with Crippen molar-refractivity contribution in [3.8, 4) is 0 Å². The van der Waals surface area contributed by atoms with E-state index in [0.717, 1.165) is 34.4 Å². The van der Waals surface area contributed by atoms with Crippen LogP contribution in [-0.4, -0.2) is 21.3 Å². The Kier molecular flexibility index (Phi) is 6.30. The molecule has 1 atom stereocenters. The lowest BCUT2D eigenvalue weighted by Gasteiger charge is -2.20. The molecule has 1 aromatic carbocycles. The number of aryl methyl sites for hydroxylation is 2. The van der Waals surface area contributed by atoms with Crippen LogP contribution >= 0.6 is 11.8 Å². The van der Waals surface area contributed by atoms with Crippen LogP contribution in [0.4, 0.5) is 0 Å². The highest BCUT2D eigenvalue weighted by atomic mass is 32.2. The number of aromatic amines is 1. The zero-order valence-electron chi connectivity index (χ0n) is 16.9. The largest absolute Gasteiger partial charge is 0.396 e. The Morgan fingerprint density at radius 3 is 2.50 bits per heavy atom. The molecule has 1 aromatic heterocycles. The monoisotopic (exact) mass is 400 g/mol. The zero-order valence-corrected chi connectivity index (χ0v) is 17.7. The number of rotatable bonds is 6. The lowest BCUT2D eigenvalue weighted by Crippen LogP contribution is -2.35. The Labute approximate surface area is 169 Å². The van der Waals surface area contributed by atoms with Gasteiger partial charge in [0.15, 0.2) is 0 Å². The van der Waals surface area contributed by atoms with Crippen LogP contribution in [0, 0.1) is 19.8 Å². The molecule has 2 aromatic rings. The van der Waals surface area contributed by atoms with E-state index in [1.54, 1.807) is 4.57 Å². The van der Waals surface area contributed by atoms with Crippen molar-refractivity contribution in [2.75, 3.05) is 6.61 Å². The molecule has 3 rings (SSSR count). The highest BCUT2D eigenvalue weighted by Gasteiger charge is 2.23. The number of H-pyrrole nitrogens is 1. The molecule has 150 valence electrons. The van der Waals surface area contributed by atoms with Crippen molar-refractivity contribution in [3.63, 3.8) is 0 Å². The predicted octanol–water partition coefficient (Wildman–Crippen LogP) is 3.76. The van der Waals surface area contributed by atoms with Crippen molar-refractivity contribution in [2.45, 2.75) is 62.9 Å². The van der Waals surface area contributed by atoms with Gasteiger partial charge in [-0.2, -0.15) is 0 Å². The number of hydrogen-bond acceptors (Lipinski definition) is 4. The van der Waals surface area contributed by atoms with Gasteiger partial charge >= 0.3 is 5.69 Å². The van der Waals surface area contributed by atoms with E-state index in [1.807, 2.05) is 27.7 Å². The summed E-state index contributed by atoms with van der Waals surface area (Å²) in [5.41, 5.74) is 3.27. The van der Waals surface area contributed by atoms with Crippen molar-refractivity contribution in [1.82, 2.24) is 9.55 Å². The van der Waals surface area contributed by atoms with Gasteiger partial charge in [-0.25, -0.2) is 4.79 Å². The van der Waals surface area contributed by atoms with Gasteiger partial charge in [0.1, 0.15) is 0 Å². The SMILES string of the molecule is Cc1cc(C)cc(Sc2c(C(C)C)c(=O)[nH]c(=O)n2CC2=CCCC2CO)c1. The maximum Gasteiger partial charge on any atom is 0.329 e. The van der Waals surface area contributed by atoms with Gasteiger partial charge < -0.3 is 5.11 Å². The van der Waals surface area contributed by atoms with E-state index in [0.29, 0.717) is 17.1 Å². The van der Waals surface area contributed by atoms with E-state index >= 15 is 0 Å². The van der Waals surface area contributed by atoms with E-state index in [-0.39, 0.29) is 24.0 Å². The van der Waals surface area contributed by atoms with Gasteiger partial charge in [-0.15, -0.1) is 0 Å². The summed E-state index contributed by atoms with van der Waals surface area (Å²) < 4.78 is 1.67. The number of nitrogens with zero attached hydrogens (tertiary/aromatic N) is 1. The Hall–Kier alpha value is -2.05. The van der Waals surface area contributed by atoms with Crippen LogP contribution < -0.4 is 11.2 Å². The third-order valence-corrected chi connectivity index (χ3v) is 6.29. The third-order valence-electron chi connectivity index (χ3n) is 5.18. The Balaban J connectivity index is 2.14. The molecule has 1 aliphatic carbocycles. The quantitative estimate of drug-likeness (QED) is 0.572. The van der Waals surface area contributed by atoms with E-state index in [4.69, 9.17) is 0 Å². The molecule has 0 radical (unpaired) electrons. The van der Waals surface area contributed by atoms with Crippen LogP contribution in [0.25, 0.3) is 0 Å². The predicted molar refractivity (Wildman–Crippen MR) is 113 cm³/mol. The summed E-state index contributed by atoms with van der Waals surface area (Å²) in [6.07, 6.45) is 3.93. The van der Waals surface area contributed by atoms with Crippen molar-refractivity contribution in [2.24, 2.45) is 5.92 Å². The second kappa shape index (κ2) is 8.53. The van der Waals surface area contributed by atoms with Crippen molar-refractivity contribution >= 4 is 11.8 Å². The van der Waals surface area contributed by atoms with Crippen LogP contribution in [0.5, 0.6) is 0 Å². The standard InChI is InChI=1S/C22H28N2O3S/c1-13(2)19-20(26)23-22(27)24(11-16-6-5-7-17(16)12-25)21(19)28-18-9-14(3)8-15(4)10-18/h6,8-10,13,17,25H,5,7,11-12H2,1-4H3,(H,23,26,27). The van der Waals surface area contributed by atoms with Crippen molar-refractivity contribution in [1.29, 1.82) is 0 Å². The molecule has 6 heteroatoms. The molecule has 28 heavy (non-hydrogen) atoms. The minimum Gasteiger partial charge on any atom is -0.396 e. The van der Waals surface area contributed by atoms with Crippen LogP contribution in [0.2, 0.25) is 0 Å². The molecule has 0 bridgehead atoms. The Bertz CT molecular complexity index is 997. The molecule has 0 aliphatic heterocycles. The normalized spacial score (nSPS) is 16.6. The maximum atomic E-state index is 12.7. The molecule has 0 spiro atoms. The van der Waals surface area contributed by atoms with Gasteiger partial charge in [0.25, 0.3) is 5.56 Å². The molecule has 1 unspecified atom stereocenters. The smallest absolute Gasteiger partial charge is 0.329 e. The van der Waals surface area contributed by atoms with Crippen LogP contribution in [0.15, 0.2) is 49.4 Å². The lowest BCUT2D eigenvalue weighted by molar-refractivity contribution is 0.242. The van der Waals surface area contributed by atoms with E-state index in [2.05, 4.69) is 29.3 Å². The number of benzene rings is 1. The highest BCUT2D eigenvalue weighted by Crippen LogP contribution is 2.34. The average Bonchev–Trinajstić information content (AvgIpc) is 3.04. The summed E-state index contributed by atoms with van der Waals surface area (Å²) in [7, 11) is 0. The molecule has 2 N–H and O–H groups in total. The summed E-state index contributed by atoms with van der Waals surface area (Å²) in [6, 6.07) is 6.25. The first-order valence-electron chi connectivity index (χ1n) is 9.73. The van der Waals surface area contributed by atoms with E-state index < -0.39 is 5.69 Å². The number of hydrogen-bond donors (Lipinski definition) is 2. The molecule has 0 amide bonds. The summed E-state index contributed by atoms with van der Waals surface area (Å²) >= 11 is 1.47. The average molecular weight is 401 g/mol. The Morgan fingerprint density at radius 2 is 1.89 bits per heavy atom. The Morgan fingerprint density at radius 1 is 1.21 bits per heavy atom. The van der Waals surface area contributed by atoms with E-state index in [1.165, 1.54) is 11.8 Å². The minimum absolute atomic E-state index is 0.0183. The van der Waals surface area contributed by atoms with Crippen LogP contribution in [-0.2, 0) is 6.54 Å². The van der Waals surface area contributed by atoms with Crippen molar-refractivity contribution in [3.05, 3.63) is 67.4 Å². The minimum atomic E-state index is -0.397. The number of nitrogens with one attached hydrogen (secondary N) is 1. The van der Waals surface area contributed by atoms with Gasteiger partial charge in [-0.05, 0) is 61.4 Å². The first-order chi connectivity index (χ1) is 13.3. The highest BCUT2D eigenvalue weighted by molar-refractivity contribution is 7.99. The summed E-state index contributed by atoms with van der Waals surface area (Å²) in [6.45, 7) is 8.50. The fourth-order valence-corrected chi connectivity index (χ4v) is 5.25. The molecule has 1 aliphatic rings. The van der Waals surface area contributed by atoms with Gasteiger partial charge in [0.2, 0.25) is 0 Å². The van der Waals surface area contributed by atoms with Crippen LogP contribution in [0.3, 0.4) is 0 Å².